The van der Waals surface area contributed by atoms with Crippen molar-refractivity contribution in [3.63, 3.8) is 0 Å². The van der Waals surface area contributed by atoms with Crippen LogP contribution < -0.4 is 5.32 Å². The third kappa shape index (κ3) is 5.56. The van der Waals surface area contributed by atoms with Crippen LogP contribution in [0.1, 0.15) is 0 Å². The highest BCUT2D eigenvalue weighted by Gasteiger charge is 2.00. The van der Waals surface area contributed by atoms with Crippen LogP contribution >= 0.6 is 11.6 Å². The van der Waals surface area contributed by atoms with E-state index in [1.165, 1.54) is 0 Å². The van der Waals surface area contributed by atoms with Gasteiger partial charge in [0, 0.05) is 18.4 Å². The second-order valence-electron chi connectivity index (χ2n) is 2.82. The van der Waals surface area contributed by atoms with Gasteiger partial charge in [0.25, 0.3) is 10.1 Å². The molecule has 0 fully saturated rings. The maximum absolute atomic E-state index is 10.6. The maximum Gasteiger partial charge on any atom is 0.264 e. The minimum atomic E-state index is -3.37. The molecule has 0 radical (unpaired) electrons. The molecule has 0 aromatic carbocycles. The Balaban J connectivity index is 2.32. The van der Waals surface area contributed by atoms with Crippen molar-refractivity contribution in [1.82, 2.24) is 4.98 Å². The highest BCUT2D eigenvalue weighted by Crippen LogP contribution is 2.11. The standard InChI is InChI=1S/C8H11ClN2O3S/c1-15(12,13)14-5-4-10-7-2-3-11-8(9)6-7/h2-3,6H,4-5H2,1H3,(H,10,11). The lowest BCUT2D eigenvalue weighted by molar-refractivity contribution is 0.335. The lowest BCUT2D eigenvalue weighted by atomic mass is 10.4. The van der Waals surface area contributed by atoms with Gasteiger partial charge >= 0.3 is 0 Å². The minimum absolute atomic E-state index is 0.0821. The average Bonchev–Trinajstić information content (AvgIpc) is 2.11. The van der Waals surface area contributed by atoms with Crippen LogP contribution in [0.2, 0.25) is 5.15 Å². The van der Waals surface area contributed by atoms with Gasteiger partial charge in [-0.2, -0.15) is 8.42 Å². The van der Waals surface area contributed by atoms with E-state index in [0.717, 1.165) is 11.9 Å². The summed E-state index contributed by atoms with van der Waals surface area (Å²) in [6, 6.07) is 3.37. The molecule has 0 saturated carbocycles. The van der Waals surface area contributed by atoms with Gasteiger partial charge in [-0.15, -0.1) is 0 Å². The molecule has 0 bridgehead atoms. The minimum Gasteiger partial charge on any atom is -0.383 e. The van der Waals surface area contributed by atoms with Gasteiger partial charge in [0.05, 0.1) is 12.9 Å². The van der Waals surface area contributed by atoms with Crippen LogP contribution in [0.5, 0.6) is 0 Å². The number of aromatic nitrogens is 1. The summed E-state index contributed by atoms with van der Waals surface area (Å²) in [4.78, 5) is 3.81. The molecule has 0 aliphatic carbocycles. The van der Waals surface area contributed by atoms with Crippen molar-refractivity contribution in [2.24, 2.45) is 0 Å². The molecule has 5 nitrogen and oxygen atoms in total. The van der Waals surface area contributed by atoms with Gasteiger partial charge < -0.3 is 5.32 Å². The molecule has 84 valence electrons. The fraction of sp³-hybridized carbons (Fsp3) is 0.375. The van der Waals surface area contributed by atoms with Crippen molar-refractivity contribution in [2.45, 2.75) is 0 Å². The molecule has 0 aliphatic rings. The molecular formula is C8H11ClN2O3S. The molecule has 0 spiro atoms. The van der Waals surface area contributed by atoms with Crippen LogP contribution in [0.4, 0.5) is 5.69 Å². The molecular weight excluding hydrogens is 240 g/mol. The van der Waals surface area contributed by atoms with E-state index in [-0.39, 0.29) is 6.61 Å². The van der Waals surface area contributed by atoms with Crippen LogP contribution in [0.3, 0.4) is 0 Å². The van der Waals surface area contributed by atoms with E-state index in [1.807, 2.05) is 0 Å². The van der Waals surface area contributed by atoms with E-state index in [0.29, 0.717) is 11.7 Å². The average molecular weight is 251 g/mol. The Morgan fingerprint density at radius 1 is 1.60 bits per heavy atom. The molecule has 0 aliphatic heterocycles. The zero-order chi connectivity index (χ0) is 11.3. The quantitative estimate of drug-likeness (QED) is 0.482. The van der Waals surface area contributed by atoms with Gasteiger partial charge in [0.2, 0.25) is 0 Å². The molecule has 0 amide bonds. The van der Waals surface area contributed by atoms with Crippen LogP contribution in [0, 0.1) is 0 Å². The summed E-state index contributed by atoms with van der Waals surface area (Å²) in [7, 11) is -3.37. The lowest BCUT2D eigenvalue weighted by Gasteiger charge is -2.05. The summed E-state index contributed by atoms with van der Waals surface area (Å²) in [5.41, 5.74) is 0.770. The van der Waals surface area contributed by atoms with E-state index >= 15 is 0 Å². The monoisotopic (exact) mass is 250 g/mol. The Kier molecular flexibility index (Phi) is 4.31. The largest absolute Gasteiger partial charge is 0.383 e. The summed E-state index contributed by atoms with van der Waals surface area (Å²) in [5, 5.41) is 3.32. The first kappa shape index (κ1) is 12.2. The first-order chi connectivity index (χ1) is 6.97. The van der Waals surface area contributed by atoms with Gasteiger partial charge in [-0.25, -0.2) is 4.98 Å². The molecule has 0 unspecified atom stereocenters. The first-order valence-electron chi connectivity index (χ1n) is 4.17. The number of hydrogen-bond acceptors (Lipinski definition) is 5. The third-order valence-corrected chi connectivity index (χ3v) is 2.26. The summed E-state index contributed by atoms with van der Waals surface area (Å²) < 4.78 is 25.8. The summed E-state index contributed by atoms with van der Waals surface area (Å²) >= 11 is 5.65. The van der Waals surface area contributed by atoms with E-state index in [1.54, 1.807) is 18.3 Å². The topological polar surface area (TPSA) is 68.3 Å². The van der Waals surface area contributed by atoms with Crippen LogP contribution in [-0.2, 0) is 14.3 Å². The number of rotatable bonds is 5. The summed E-state index contributed by atoms with van der Waals surface area (Å²) in [6.45, 7) is 0.464. The van der Waals surface area contributed by atoms with Crippen LogP contribution in [0.15, 0.2) is 18.3 Å². The molecule has 1 rings (SSSR count). The second kappa shape index (κ2) is 5.29. The fourth-order valence-corrected chi connectivity index (χ4v) is 1.46. The van der Waals surface area contributed by atoms with E-state index in [2.05, 4.69) is 14.5 Å². The van der Waals surface area contributed by atoms with E-state index in [4.69, 9.17) is 11.6 Å². The fourth-order valence-electron chi connectivity index (χ4n) is 0.901. The number of halogens is 1. The highest BCUT2D eigenvalue weighted by atomic mass is 35.5. The zero-order valence-electron chi connectivity index (χ0n) is 8.10. The Labute approximate surface area is 93.5 Å². The Bertz CT molecular complexity index is 422. The van der Waals surface area contributed by atoms with Crippen molar-refractivity contribution >= 4 is 27.4 Å². The zero-order valence-corrected chi connectivity index (χ0v) is 9.68. The number of nitrogens with zero attached hydrogens (tertiary/aromatic N) is 1. The molecule has 1 heterocycles. The highest BCUT2D eigenvalue weighted by molar-refractivity contribution is 7.85. The Morgan fingerprint density at radius 2 is 2.33 bits per heavy atom. The summed E-state index contributed by atoms with van der Waals surface area (Å²) in [5.74, 6) is 0. The first-order valence-corrected chi connectivity index (χ1v) is 6.37. The van der Waals surface area contributed by atoms with Crippen molar-refractivity contribution in [3.8, 4) is 0 Å². The predicted molar refractivity (Wildman–Crippen MR) is 58.5 cm³/mol. The molecule has 15 heavy (non-hydrogen) atoms. The van der Waals surface area contributed by atoms with Crippen LogP contribution in [-0.4, -0.2) is 32.8 Å². The number of nitrogens with one attached hydrogen (secondary N) is 1. The molecule has 0 saturated heterocycles. The van der Waals surface area contributed by atoms with Crippen LogP contribution in [0.25, 0.3) is 0 Å². The Hall–Kier alpha value is -0.850. The molecule has 7 heteroatoms. The molecule has 0 atom stereocenters. The van der Waals surface area contributed by atoms with Crippen molar-refractivity contribution in [3.05, 3.63) is 23.5 Å². The summed E-state index contributed by atoms with van der Waals surface area (Å²) in [6.07, 6.45) is 2.57. The molecule has 1 aromatic heterocycles. The SMILES string of the molecule is CS(=O)(=O)OCCNc1ccnc(Cl)c1. The van der Waals surface area contributed by atoms with Crippen molar-refractivity contribution in [1.29, 1.82) is 0 Å². The third-order valence-electron chi connectivity index (χ3n) is 1.46. The van der Waals surface area contributed by atoms with Gasteiger partial charge in [-0.05, 0) is 12.1 Å². The van der Waals surface area contributed by atoms with E-state index in [9.17, 15) is 8.42 Å². The van der Waals surface area contributed by atoms with Gasteiger partial charge in [0.1, 0.15) is 5.15 Å². The predicted octanol–water partition coefficient (Wildman–Crippen LogP) is 1.12. The van der Waals surface area contributed by atoms with Crippen molar-refractivity contribution < 1.29 is 12.6 Å². The second-order valence-corrected chi connectivity index (χ2v) is 4.85. The number of anilines is 1. The van der Waals surface area contributed by atoms with Gasteiger partial charge in [-0.3, -0.25) is 4.18 Å². The smallest absolute Gasteiger partial charge is 0.264 e. The Morgan fingerprint density at radius 3 is 2.93 bits per heavy atom. The van der Waals surface area contributed by atoms with Gasteiger partial charge in [-0.1, -0.05) is 11.6 Å². The van der Waals surface area contributed by atoms with Gasteiger partial charge in [0.15, 0.2) is 0 Å². The normalized spacial score (nSPS) is 11.3. The number of hydrogen-bond donors (Lipinski definition) is 1. The number of pyridine rings is 1. The molecule has 1 aromatic rings. The molecule has 1 N–H and O–H groups in total. The van der Waals surface area contributed by atoms with Crippen molar-refractivity contribution in [2.75, 3.05) is 24.7 Å². The maximum atomic E-state index is 10.6. The lowest BCUT2D eigenvalue weighted by Crippen LogP contribution is -2.13. The van der Waals surface area contributed by atoms with E-state index < -0.39 is 10.1 Å².